The molecule has 0 saturated carbocycles. The summed E-state index contributed by atoms with van der Waals surface area (Å²) >= 11 is 1.65. The topological polar surface area (TPSA) is 35.2 Å². The zero-order valence-corrected chi connectivity index (χ0v) is 11.2. The molecule has 0 saturated heterocycles. The highest BCUT2D eigenvalue weighted by atomic mass is 32.2. The zero-order chi connectivity index (χ0) is 12.8. The lowest BCUT2D eigenvalue weighted by molar-refractivity contribution is 0.303. The van der Waals surface area contributed by atoms with Crippen LogP contribution in [0.1, 0.15) is 5.56 Å². The number of hydrogen-bond donors (Lipinski definition) is 1. The number of thioether (sulfide) groups is 1. The molecule has 3 heteroatoms. The van der Waals surface area contributed by atoms with Gasteiger partial charge in [0.2, 0.25) is 0 Å². The third kappa shape index (κ3) is 3.44. The number of methoxy groups -OCH3 is 1. The highest BCUT2D eigenvalue weighted by Gasteiger charge is 2.10. The van der Waals surface area contributed by atoms with Crippen LogP contribution in [0.2, 0.25) is 0 Å². The predicted octanol–water partition coefficient (Wildman–Crippen LogP) is 3.23. The fraction of sp³-hybridized carbons (Fsp3) is 0.200. The van der Waals surface area contributed by atoms with E-state index in [0.717, 1.165) is 28.5 Å². The van der Waals surface area contributed by atoms with Gasteiger partial charge in [0.1, 0.15) is 5.76 Å². The van der Waals surface area contributed by atoms with Crippen LogP contribution in [-0.2, 0) is 11.2 Å². The number of hydrogen-bond acceptors (Lipinski definition) is 3. The van der Waals surface area contributed by atoms with Gasteiger partial charge in [0.15, 0.2) is 0 Å². The third-order valence-electron chi connectivity index (χ3n) is 2.71. The summed E-state index contributed by atoms with van der Waals surface area (Å²) in [5.74, 6) is 1.80. The second kappa shape index (κ2) is 6.36. The summed E-state index contributed by atoms with van der Waals surface area (Å²) in [7, 11) is 1.70. The van der Waals surface area contributed by atoms with E-state index in [4.69, 9.17) is 10.5 Å². The number of ether oxygens (including phenoxy) is 1. The van der Waals surface area contributed by atoms with Crippen LogP contribution in [0.4, 0.5) is 0 Å². The van der Waals surface area contributed by atoms with Crippen molar-refractivity contribution in [3.05, 3.63) is 70.5 Å². The summed E-state index contributed by atoms with van der Waals surface area (Å²) in [5.41, 5.74) is 8.20. The fourth-order valence-electron chi connectivity index (χ4n) is 1.78. The molecule has 1 aliphatic heterocycles. The van der Waals surface area contributed by atoms with Crippen LogP contribution in [0.25, 0.3) is 0 Å². The Kier molecular flexibility index (Phi) is 4.53. The van der Waals surface area contributed by atoms with E-state index in [0.29, 0.717) is 0 Å². The van der Waals surface area contributed by atoms with Crippen LogP contribution >= 0.6 is 11.8 Å². The zero-order valence-electron chi connectivity index (χ0n) is 10.4. The largest absolute Gasteiger partial charge is 0.496 e. The van der Waals surface area contributed by atoms with Gasteiger partial charge in [0, 0.05) is 11.3 Å². The van der Waals surface area contributed by atoms with Gasteiger partial charge < -0.3 is 10.5 Å². The van der Waals surface area contributed by atoms with Crippen molar-refractivity contribution in [2.75, 3.05) is 12.9 Å². The number of rotatable bonds is 4. The van der Waals surface area contributed by atoms with Crippen molar-refractivity contribution in [2.45, 2.75) is 6.42 Å². The minimum Gasteiger partial charge on any atom is -0.496 e. The van der Waals surface area contributed by atoms with E-state index in [1.54, 1.807) is 18.9 Å². The van der Waals surface area contributed by atoms with E-state index in [-0.39, 0.29) is 0 Å². The van der Waals surface area contributed by atoms with E-state index < -0.39 is 0 Å². The smallest absolute Gasteiger partial charge is 0.122 e. The summed E-state index contributed by atoms with van der Waals surface area (Å²) in [6, 6.07) is 10.4. The Bertz CT molecular complexity index is 488. The van der Waals surface area contributed by atoms with E-state index in [1.165, 1.54) is 5.56 Å². The average molecular weight is 259 g/mol. The van der Waals surface area contributed by atoms with Gasteiger partial charge in [-0.15, -0.1) is 11.8 Å². The SMILES string of the molecule is COC(/C=C\Cc1ccccc1)=C1\C=C(N)SC1. The van der Waals surface area contributed by atoms with Gasteiger partial charge in [0.25, 0.3) is 0 Å². The summed E-state index contributed by atoms with van der Waals surface area (Å²) in [6.45, 7) is 0. The Labute approximate surface area is 112 Å². The summed E-state index contributed by atoms with van der Waals surface area (Å²) in [5, 5.41) is 0.857. The Balaban J connectivity index is 2.03. The summed E-state index contributed by atoms with van der Waals surface area (Å²) < 4.78 is 5.40. The lowest BCUT2D eigenvalue weighted by atomic mass is 10.1. The molecule has 1 heterocycles. The molecule has 1 aromatic rings. The van der Waals surface area contributed by atoms with Crippen LogP contribution in [-0.4, -0.2) is 12.9 Å². The summed E-state index contributed by atoms with van der Waals surface area (Å²) in [6.07, 6.45) is 7.04. The maximum absolute atomic E-state index is 5.75. The Hall–Kier alpha value is -1.61. The number of allylic oxidation sites excluding steroid dienone is 3. The van der Waals surface area contributed by atoms with E-state index >= 15 is 0 Å². The van der Waals surface area contributed by atoms with Gasteiger partial charge in [0.05, 0.1) is 12.1 Å². The molecule has 0 radical (unpaired) electrons. The molecule has 18 heavy (non-hydrogen) atoms. The molecular weight excluding hydrogens is 242 g/mol. The van der Waals surface area contributed by atoms with Crippen LogP contribution in [0.5, 0.6) is 0 Å². The second-order valence-corrected chi connectivity index (χ2v) is 5.07. The highest BCUT2D eigenvalue weighted by Crippen LogP contribution is 2.27. The highest BCUT2D eigenvalue weighted by molar-refractivity contribution is 8.03. The normalized spacial score (nSPS) is 17.9. The monoisotopic (exact) mass is 259 g/mol. The minimum absolute atomic E-state index is 0.857. The van der Waals surface area contributed by atoms with Crippen LogP contribution in [0.3, 0.4) is 0 Å². The molecule has 0 amide bonds. The van der Waals surface area contributed by atoms with Gasteiger partial charge >= 0.3 is 0 Å². The Morgan fingerprint density at radius 1 is 1.39 bits per heavy atom. The first-order valence-electron chi connectivity index (χ1n) is 5.87. The van der Waals surface area contributed by atoms with Crippen molar-refractivity contribution in [1.29, 1.82) is 0 Å². The molecule has 2 rings (SSSR count). The van der Waals surface area contributed by atoms with Crippen molar-refractivity contribution in [3.63, 3.8) is 0 Å². The molecule has 0 bridgehead atoms. The molecule has 0 spiro atoms. The first kappa shape index (κ1) is 12.8. The van der Waals surface area contributed by atoms with Crippen LogP contribution in [0, 0.1) is 0 Å². The van der Waals surface area contributed by atoms with E-state index in [1.807, 2.05) is 18.2 Å². The van der Waals surface area contributed by atoms with Gasteiger partial charge in [-0.3, -0.25) is 0 Å². The summed E-state index contributed by atoms with van der Waals surface area (Å²) in [4.78, 5) is 0. The molecule has 0 fully saturated rings. The molecule has 0 aliphatic carbocycles. The molecule has 0 unspecified atom stereocenters. The van der Waals surface area contributed by atoms with Crippen LogP contribution < -0.4 is 5.73 Å². The lowest BCUT2D eigenvalue weighted by Gasteiger charge is -2.03. The first-order valence-corrected chi connectivity index (χ1v) is 6.85. The maximum atomic E-state index is 5.75. The van der Waals surface area contributed by atoms with E-state index in [2.05, 4.69) is 30.3 Å². The molecule has 2 nitrogen and oxygen atoms in total. The Morgan fingerprint density at radius 3 is 2.78 bits per heavy atom. The second-order valence-electron chi connectivity index (χ2n) is 4.02. The van der Waals surface area contributed by atoms with Crippen LogP contribution in [0.15, 0.2) is 64.9 Å². The van der Waals surface area contributed by atoms with Gasteiger partial charge in [-0.1, -0.05) is 36.4 Å². The average Bonchev–Trinajstić information content (AvgIpc) is 2.82. The van der Waals surface area contributed by atoms with Gasteiger partial charge in [-0.05, 0) is 24.1 Å². The predicted molar refractivity (Wildman–Crippen MR) is 78.0 cm³/mol. The van der Waals surface area contributed by atoms with E-state index in [9.17, 15) is 0 Å². The molecular formula is C15H17NOS. The number of benzene rings is 1. The van der Waals surface area contributed by atoms with Crippen molar-refractivity contribution in [3.8, 4) is 0 Å². The van der Waals surface area contributed by atoms with Gasteiger partial charge in [-0.2, -0.15) is 0 Å². The third-order valence-corrected chi connectivity index (χ3v) is 3.62. The van der Waals surface area contributed by atoms with Crippen molar-refractivity contribution >= 4 is 11.8 Å². The Morgan fingerprint density at radius 2 is 2.17 bits per heavy atom. The van der Waals surface area contributed by atoms with Crippen molar-refractivity contribution < 1.29 is 4.74 Å². The minimum atomic E-state index is 0.857. The van der Waals surface area contributed by atoms with Crippen molar-refractivity contribution in [2.24, 2.45) is 5.73 Å². The molecule has 94 valence electrons. The van der Waals surface area contributed by atoms with Gasteiger partial charge in [-0.25, -0.2) is 0 Å². The van der Waals surface area contributed by atoms with Crippen molar-refractivity contribution in [1.82, 2.24) is 0 Å². The standard InChI is InChI=1S/C15H17NOS/c1-17-14(13-10-15(16)18-11-13)9-5-8-12-6-3-2-4-7-12/h2-7,9-10H,8,11,16H2,1H3/b9-5-,14-13+. The molecule has 2 N–H and O–H groups in total. The molecule has 1 aliphatic rings. The molecule has 0 aromatic heterocycles. The maximum Gasteiger partial charge on any atom is 0.122 e. The first-order chi connectivity index (χ1) is 8.79. The fourth-order valence-corrected chi connectivity index (χ4v) is 2.55. The quantitative estimate of drug-likeness (QED) is 0.843. The number of nitrogens with two attached hydrogens (primary N) is 1. The molecule has 0 atom stereocenters. The molecule has 1 aromatic carbocycles. The lowest BCUT2D eigenvalue weighted by Crippen LogP contribution is -1.90.